The van der Waals surface area contributed by atoms with Gasteiger partial charge in [-0.05, 0) is 0 Å². The predicted molar refractivity (Wildman–Crippen MR) is 67.4 cm³/mol. The van der Waals surface area contributed by atoms with Crippen LogP contribution in [-0.2, 0) is 0 Å². The van der Waals surface area contributed by atoms with Crippen molar-refractivity contribution >= 4 is 24.5 Å². The van der Waals surface area contributed by atoms with Crippen LogP contribution in [0.1, 0.15) is 11.1 Å². The third kappa shape index (κ3) is 2.52. The van der Waals surface area contributed by atoms with Crippen LogP contribution in [0.25, 0.3) is 0 Å². The van der Waals surface area contributed by atoms with Gasteiger partial charge in [0, 0.05) is 0 Å². The SMILES string of the molecule is Cc1ccccc1[As]c1ccccc1C. The summed E-state index contributed by atoms with van der Waals surface area (Å²) < 4.78 is 3.03. The van der Waals surface area contributed by atoms with Gasteiger partial charge in [-0.15, -0.1) is 0 Å². The Kier molecular flexibility index (Phi) is 3.28. The van der Waals surface area contributed by atoms with Gasteiger partial charge in [0.1, 0.15) is 0 Å². The van der Waals surface area contributed by atoms with Crippen molar-refractivity contribution in [1.82, 2.24) is 0 Å². The van der Waals surface area contributed by atoms with Crippen molar-refractivity contribution in [2.75, 3.05) is 0 Å². The normalized spacial score (nSPS) is 10.3. The second kappa shape index (κ2) is 4.68. The number of rotatable bonds is 2. The van der Waals surface area contributed by atoms with Gasteiger partial charge < -0.3 is 0 Å². The Hall–Kier alpha value is -1.00. The molecular formula is C14H14As. The fraction of sp³-hybridized carbons (Fsp3) is 0.143. The molecule has 0 spiro atoms. The molecule has 0 saturated carbocycles. The van der Waals surface area contributed by atoms with Gasteiger partial charge in [0.15, 0.2) is 0 Å². The molecule has 0 aliphatic heterocycles. The van der Waals surface area contributed by atoms with E-state index < -0.39 is 0 Å². The van der Waals surface area contributed by atoms with E-state index in [9.17, 15) is 0 Å². The van der Waals surface area contributed by atoms with Gasteiger partial charge >= 0.3 is 98.0 Å². The predicted octanol–water partition coefficient (Wildman–Crippen LogP) is 1.96. The van der Waals surface area contributed by atoms with E-state index in [1.165, 1.54) is 19.8 Å². The summed E-state index contributed by atoms with van der Waals surface area (Å²) in [7, 11) is 0. The summed E-state index contributed by atoms with van der Waals surface area (Å²) in [5, 5.41) is 0. The van der Waals surface area contributed by atoms with Gasteiger partial charge in [-0.3, -0.25) is 0 Å². The quantitative estimate of drug-likeness (QED) is 0.721. The van der Waals surface area contributed by atoms with E-state index in [0.717, 1.165) is 0 Å². The first-order valence-corrected chi connectivity index (χ1v) is 6.98. The Labute approximate surface area is 98.0 Å². The zero-order valence-electron chi connectivity index (χ0n) is 9.07. The third-order valence-electron chi connectivity index (χ3n) is 2.47. The number of benzene rings is 2. The molecule has 0 atom stereocenters. The Bertz CT molecular complexity index is 417. The van der Waals surface area contributed by atoms with Crippen LogP contribution in [0.3, 0.4) is 0 Å². The van der Waals surface area contributed by atoms with E-state index in [2.05, 4.69) is 62.4 Å². The molecule has 0 aliphatic carbocycles. The van der Waals surface area contributed by atoms with Crippen LogP contribution in [-0.4, -0.2) is 15.8 Å². The minimum absolute atomic E-state index is 0.141. The molecule has 0 fully saturated rings. The standard InChI is InChI=1S/C14H14As/c1-11-7-3-5-9-13(11)15-14-10-6-4-8-12(14)2/h3-10H,1-2H3. The molecule has 0 heterocycles. The van der Waals surface area contributed by atoms with Crippen LogP contribution >= 0.6 is 0 Å². The van der Waals surface area contributed by atoms with Gasteiger partial charge in [0.05, 0.1) is 0 Å². The van der Waals surface area contributed by atoms with E-state index in [1.54, 1.807) is 0 Å². The first kappa shape index (κ1) is 10.5. The average Bonchev–Trinajstić information content (AvgIpc) is 2.24. The summed E-state index contributed by atoms with van der Waals surface area (Å²) in [6, 6.07) is 17.4. The van der Waals surface area contributed by atoms with Crippen molar-refractivity contribution in [3.8, 4) is 0 Å². The summed E-state index contributed by atoms with van der Waals surface area (Å²) >= 11 is 0.141. The summed E-state index contributed by atoms with van der Waals surface area (Å²) in [5.41, 5.74) is 2.83. The monoisotopic (exact) mass is 257 g/mol. The molecule has 2 aromatic rings. The van der Waals surface area contributed by atoms with Crippen molar-refractivity contribution in [2.45, 2.75) is 13.8 Å². The zero-order chi connectivity index (χ0) is 10.7. The minimum atomic E-state index is 0.141. The van der Waals surface area contributed by atoms with Gasteiger partial charge in [0.2, 0.25) is 0 Å². The molecule has 2 rings (SSSR count). The molecule has 2 aromatic carbocycles. The summed E-state index contributed by atoms with van der Waals surface area (Å²) in [6.07, 6.45) is 0. The van der Waals surface area contributed by atoms with Crippen LogP contribution in [0.5, 0.6) is 0 Å². The van der Waals surface area contributed by atoms with Crippen molar-refractivity contribution < 1.29 is 0 Å². The van der Waals surface area contributed by atoms with E-state index in [1.807, 2.05) is 0 Å². The van der Waals surface area contributed by atoms with E-state index in [0.29, 0.717) is 0 Å². The van der Waals surface area contributed by atoms with Gasteiger partial charge in [0.25, 0.3) is 0 Å². The molecule has 0 N–H and O–H groups in total. The van der Waals surface area contributed by atoms with Crippen molar-refractivity contribution in [3.05, 3.63) is 59.7 Å². The molecular weight excluding hydrogens is 243 g/mol. The van der Waals surface area contributed by atoms with E-state index in [4.69, 9.17) is 0 Å². The second-order valence-electron chi connectivity index (χ2n) is 3.68. The van der Waals surface area contributed by atoms with E-state index >= 15 is 0 Å². The van der Waals surface area contributed by atoms with Crippen LogP contribution in [0.2, 0.25) is 0 Å². The number of hydrogen-bond acceptors (Lipinski definition) is 0. The molecule has 15 heavy (non-hydrogen) atoms. The number of hydrogen-bond donors (Lipinski definition) is 0. The summed E-state index contributed by atoms with van der Waals surface area (Å²) in [6.45, 7) is 4.40. The third-order valence-corrected chi connectivity index (χ3v) is 5.59. The molecule has 0 unspecified atom stereocenters. The zero-order valence-corrected chi connectivity index (χ0v) is 10.9. The fourth-order valence-corrected chi connectivity index (χ4v) is 3.78. The molecule has 0 nitrogen and oxygen atoms in total. The number of aryl methyl sites for hydroxylation is 2. The first-order valence-electron chi connectivity index (χ1n) is 5.10. The average molecular weight is 257 g/mol. The van der Waals surface area contributed by atoms with E-state index in [-0.39, 0.29) is 15.8 Å². The van der Waals surface area contributed by atoms with Crippen LogP contribution in [0.4, 0.5) is 0 Å². The summed E-state index contributed by atoms with van der Waals surface area (Å²) in [5.74, 6) is 0. The van der Waals surface area contributed by atoms with Crippen molar-refractivity contribution in [3.63, 3.8) is 0 Å². The molecule has 0 aromatic heterocycles. The molecule has 75 valence electrons. The van der Waals surface area contributed by atoms with Crippen LogP contribution in [0.15, 0.2) is 48.5 Å². The van der Waals surface area contributed by atoms with Crippen molar-refractivity contribution in [1.29, 1.82) is 0 Å². The Morgan fingerprint density at radius 1 is 0.667 bits per heavy atom. The van der Waals surface area contributed by atoms with Gasteiger partial charge in [-0.25, -0.2) is 0 Å². The second-order valence-corrected chi connectivity index (χ2v) is 6.18. The van der Waals surface area contributed by atoms with Gasteiger partial charge in [-0.1, -0.05) is 0 Å². The maximum absolute atomic E-state index is 2.25. The molecule has 0 aliphatic rings. The fourth-order valence-electron chi connectivity index (χ4n) is 1.51. The first-order chi connectivity index (χ1) is 7.27. The molecule has 0 bridgehead atoms. The topological polar surface area (TPSA) is 0 Å². The molecule has 0 amide bonds. The Morgan fingerprint density at radius 3 is 1.47 bits per heavy atom. The van der Waals surface area contributed by atoms with Crippen LogP contribution in [0, 0.1) is 13.8 Å². The summed E-state index contributed by atoms with van der Waals surface area (Å²) in [4.78, 5) is 0. The Balaban J connectivity index is 2.30. The molecule has 1 radical (unpaired) electrons. The molecule has 1 heteroatoms. The maximum atomic E-state index is 2.25. The van der Waals surface area contributed by atoms with Crippen LogP contribution < -0.4 is 8.70 Å². The molecule has 0 saturated heterocycles. The van der Waals surface area contributed by atoms with Crippen molar-refractivity contribution in [2.24, 2.45) is 0 Å². The van der Waals surface area contributed by atoms with Gasteiger partial charge in [-0.2, -0.15) is 0 Å². The Morgan fingerprint density at radius 2 is 1.07 bits per heavy atom.